The molecule has 0 saturated carbocycles. The van der Waals surface area contributed by atoms with Gasteiger partial charge in [-0.25, -0.2) is 0 Å². The van der Waals surface area contributed by atoms with E-state index in [0.29, 0.717) is 44.7 Å². The molecule has 0 aromatic heterocycles. The second-order valence-corrected chi connectivity index (χ2v) is 8.96. The molecular weight excluding hydrogens is 484 g/mol. The van der Waals surface area contributed by atoms with E-state index in [4.69, 9.17) is 21.1 Å². The molecule has 2 amide bonds. The van der Waals surface area contributed by atoms with E-state index >= 15 is 0 Å². The lowest BCUT2D eigenvalue weighted by molar-refractivity contribution is -0.123. The van der Waals surface area contributed by atoms with Crippen LogP contribution in [0.15, 0.2) is 71.6 Å². The first kappa shape index (κ1) is 24.4. The van der Waals surface area contributed by atoms with Gasteiger partial charge in [-0.3, -0.25) is 14.5 Å². The number of amides is 2. The lowest BCUT2D eigenvalue weighted by Crippen LogP contribution is -2.27. The summed E-state index contributed by atoms with van der Waals surface area (Å²) in [4.78, 5) is 27.0. The van der Waals surface area contributed by atoms with Gasteiger partial charge in [0.15, 0.2) is 11.5 Å². The quantitative estimate of drug-likeness (QED) is 0.329. The Morgan fingerprint density at radius 3 is 2.49 bits per heavy atom. The third kappa shape index (κ3) is 5.68. The fourth-order valence-electron chi connectivity index (χ4n) is 3.50. The average molecular weight is 505 g/mol. The molecule has 1 heterocycles. The van der Waals surface area contributed by atoms with E-state index < -0.39 is 5.91 Å². The second kappa shape index (κ2) is 11.1. The average Bonchev–Trinajstić information content (AvgIpc) is 3.12. The minimum atomic E-state index is -0.398. The number of nitriles is 1. The first-order chi connectivity index (χ1) is 17.0. The van der Waals surface area contributed by atoms with Crippen LogP contribution < -0.4 is 9.47 Å². The standard InChI is InChI=1S/C27H21ClN2O4S/c1-2-33-24-13-18(11-12-23(24)34-17-21-9-5-6-10-22(21)28)14-25-26(31)30(27(32)35-25)16-20-8-4-3-7-19(20)15-29/h3-14H,2,16-17H2,1H3/b25-14+. The maximum Gasteiger partial charge on any atom is 0.293 e. The van der Waals surface area contributed by atoms with Crippen molar-refractivity contribution < 1.29 is 19.1 Å². The molecule has 3 aromatic carbocycles. The van der Waals surface area contributed by atoms with Crippen LogP contribution in [-0.2, 0) is 17.9 Å². The van der Waals surface area contributed by atoms with Crippen molar-refractivity contribution in [3.63, 3.8) is 0 Å². The molecule has 0 N–H and O–H groups in total. The van der Waals surface area contributed by atoms with Crippen LogP contribution in [0.25, 0.3) is 6.08 Å². The highest BCUT2D eigenvalue weighted by atomic mass is 35.5. The largest absolute Gasteiger partial charge is 0.490 e. The number of nitrogens with zero attached hydrogens (tertiary/aromatic N) is 2. The van der Waals surface area contributed by atoms with Crippen molar-refractivity contribution in [1.82, 2.24) is 4.90 Å². The summed E-state index contributed by atoms with van der Waals surface area (Å²) in [7, 11) is 0. The zero-order valence-corrected chi connectivity index (χ0v) is 20.4. The summed E-state index contributed by atoms with van der Waals surface area (Å²) < 4.78 is 11.7. The molecule has 4 rings (SSSR count). The highest BCUT2D eigenvalue weighted by Gasteiger charge is 2.35. The number of thioether (sulfide) groups is 1. The molecule has 0 spiro atoms. The first-order valence-corrected chi connectivity index (χ1v) is 12.1. The number of carbonyl (C=O) groups excluding carboxylic acids is 2. The van der Waals surface area contributed by atoms with Crippen LogP contribution in [0.5, 0.6) is 11.5 Å². The SMILES string of the molecule is CCOc1cc(/C=C2/SC(=O)N(Cc3ccccc3C#N)C2=O)ccc1OCc1ccccc1Cl. The van der Waals surface area contributed by atoms with E-state index in [1.807, 2.05) is 25.1 Å². The fraction of sp³-hybridized carbons (Fsp3) is 0.148. The van der Waals surface area contributed by atoms with Crippen LogP contribution in [0.3, 0.4) is 0 Å². The Balaban J connectivity index is 1.53. The van der Waals surface area contributed by atoms with Crippen molar-refractivity contribution >= 4 is 40.6 Å². The Morgan fingerprint density at radius 2 is 1.74 bits per heavy atom. The van der Waals surface area contributed by atoms with Crippen molar-refractivity contribution in [2.24, 2.45) is 0 Å². The zero-order valence-electron chi connectivity index (χ0n) is 18.9. The van der Waals surface area contributed by atoms with Gasteiger partial charge in [0.2, 0.25) is 0 Å². The molecule has 35 heavy (non-hydrogen) atoms. The van der Waals surface area contributed by atoms with Crippen molar-refractivity contribution in [2.75, 3.05) is 6.61 Å². The maximum atomic E-state index is 13.0. The van der Waals surface area contributed by atoms with Gasteiger partial charge in [0.25, 0.3) is 11.1 Å². The summed E-state index contributed by atoms with van der Waals surface area (Å²) in [6, 6.07) is 21.8. The first-order valence-electron chi connectivity index (χ1n) is 10.9. The normalized spacial score (nSPS) is 14.3. The second-order valence-electron chi connectivity index (χ2n) is 7.56. The van der Waals surface area contributed by atoms with Crippen LogP contribution in [0.2, 0.25) is 5.02 Å². The molecule has 1 aliphatic heterocycles. The van der Waals surface area contributed by atoms with E-state index in [9.17, 15) is 14.9 Å². The summed E-state index contributed by atoms with van der Waals surface area (Å²) in [6.07, 6.45) is 1.65. The van der Waals surface area contributed by atoms with Crippen LogP contribution in [0.1, 0.15) is 29.2 Å². The van der Waals surface area contributed by atoms with Crippen molar-refractivity contribution in [3.05, 3.63) is 98.9 Å². The third-order valence-corrected chi connectivity index (χ3v) is 6.52. The molecule has 0 atom stereocenters. The van der Waals surface area contributed by atoms with E-state index in [1.165, 1.54) is 0 Å². The monoisotopic (exact) mass is 504 g/mol. The molecule has 1 fully saturated rings. The van der Waals surface area contributed by atoms with E-state index in [1.54, 1.807) is 54.6 Å². The summed E-state index contributed by atoms with van der Waals surface area (Å²) in [5, 5.41) is 9.54. The summed E-state index contributed by atoms with van der Waals surface area (Å²) in [6.45, 7) is 2.63. The number of imide groups is 1. The van der Waals surface area contributed by atoms with Gasteiger partial charge in [0.1, 0.15) is 6.61 Å². The number of carbonyl (C=O) groups is 2. The molecule has 8 heteroatoms. The lowest BCUT2D eigenvalue weighted by Gasteiger charge is -2.14. The molecule has 0 unspecified atom stereocenters. The Kier molecular flexibility index (Phi) is 7.76. The fourth-order valence-corrected chi connectivity index (χ4v) is 4.53. The maximum absolute atomic E-state index is 13.0. The molecule has 1 saturated heterocycles. The van der Waals surface area contributed by atoms with Gasteiger partial charge in [0, 0.05) is 10.6 Å². The van der Waals surface area contributed by atoms with E-state index in [2.05, 4.69) is 6.07 Å². The Morgan fingerprint density at radius 1 is 1.00 bits per heavy atom. The Labute approximate surface area is 212 Å². The van der Waals surface area contributed by atoms with Gasteiger partial charge in [0.05, 0.1) is 29.7 Å². The number of halogens is 1. The van der Waals surface area contributed by atoms with Gasteiger partial charge in [-0.1, -0.05) is 54.1 Å². The molecule has 0 bridgehead atoms. The highest BCUT2D eigenvalue weighted by Crippen LogP contribution is 2.36. The van der Waals surface area contributed by atoms with Gasteiger partial charge < -0.3 is 9.47 Å². The van der Waals surface area contributed by atoms with E-state index in [-0.39, 0.29) is 18.4 Å². The Bertz CT molecular complexity index is 1350. The van der Waals surface area contributed by atoms with Crippen molar-refractivity contribution in [3.8, 4) is 17.6 Å². The Hall–Kier alpha value is -3.73. The van der Waals surface area contributed by atoms with Crippen molar-refractivity contribution in [2.45, 2.75) is 20.1 Å². The molecule has 176 valence electrons. The number of rotatable bonds is 8. The highest BCUT2D eigenvalue weighted by molar-refractivity contribution is 8.18. The molecule has 0 radical (unpaired) electrons. The predicted molar refractivity (Wildman–Crippen MR) is 136 cm³/mol. The van der Waals surface area contributed by atoms with Crippen molar-refractivity contribution in [1.29, 1.82) is 5.26 Å². The topological polar surface area (TPSA) is 79.6 Å². The summed E-state index contributed by atoms with van der Waals surface area (Å²) >= 11 is 7.09. The van der Waals surface area contributed by atoms with Crippen LogP contribution in [0, 0.1) is 11.3 Å². The lowest BCUT2D eigenvalue weighted by atomic mass is 10.1. The van der Waals surface area contributed by atoms with Crippen LogP contribution in [0.4, 0.5) is 4.79 Å². The molecular formula is C27H21ClN2O4S. The van der Waals surface area contributed by atoms with Gasteiger partial charge in [-0.2, -0.15) is 5.26 Å². The summed E-state index contributed by atoms with van der Waals surface area (Å²) in [5.41, 5.74) is 2.61. The van der Waals surface area contributed by atoms with Gasteiger partial charge >= 0.3 is 0 Å². The summed E-state index contributed by atoms with van der Waals surface area (Å²) in [5.74, 6) is 0.672. The van der Waals surface area contributed by atoms with Gasteiger partial charge in [-0.15, -0.1) is 0 Å². The molecule has 6 nitrogen and oxygen atoms in total. The van der Waals surface area contributed by atoms with E-state index in [0.717, 1.165) is 22.2 Å². The predicted octanol–water partition coefficient (Wildman–Crippen LogP) is 6.43. The number of hydrogen-bond acceptors (Lipinski definition) is 6. The zero-order chi connectivity index (χ0) is 24.8. The minimum Gasteiger partial charge on any atom is -0.490 e. The van der Waals surface area contributed by atoms with Gasteiger partial charge in [-0.05, 0) is 60.2 Å². The van der Waals surface area contributed by atoms with Crippen LogP contribution >= 0.6 is 23.4 Å². The minimum absolute atomic E-state index is 0.0464. The van der Waals surface area contributed by atoms with Crippen LogP contribution in [-0.4, -0.2) is 22.7 Å². The molecule has 1 aliphatic rings. The molecule has 0 aliphatic carbocycles. The smallest absolute Gasteiger partial charge is 0.293 e. The number of hydrogen-bond donors (Lipinski definition) is 0. The number of benzene rings is 3. The third-order valence-electron chi connectivity index (χ3n) is 5.25. The number of ether oxygens (including phenoxy) is 2. The molecule has 3 aromatic rings.